The molecule has 0 aliphatic carbocycles. The first kappa shape index (κ1) is 15.9. The molecule has 0 aliphatic heterocycles. The molecule has 1 amide bonds. The first-order chi connectivity index (χ1) is 10.6. The second-order valence-corrected chi connectivity index (χ2v) is 4.85. The maximum absolute atomic E-state index is 12.4. The summed E-state index contributed by atoms with van der Waals surface area (Å²) in [5.74, 6) is 1.17. The van der Waals surface area contributed by atoms with E-state index in [1.807, 2.05) is 45.0 Å². The number of amides is 1. The first-order valence-electron chi connectivity index (χ1n) is 7.41. The molecule has 0 unspecified atom stereocenters. The van der Waals surface area contributed by atoms with Crippen molar-refractivity contribution in [1.29, 1.82) is 0 Å². The van der Waals surface area contributed by atoms with Crippen molar-refractivity contribution in [2.24, 2.45) is 0 Å². The van der Waals surface area contributed by atoms with Gasteiger partial charge in [-0.1, -0.05) is 12.1 Å². The molecule has 4 heteroatoms. The van der Waals surface area contributed by atoms with Gasteiger partial charge in [-0.2, -0.15) is 0 Å². The van der Waals surface area contributed by atoms with Crippen LogP contribution in [0.1, 0.15) is 29.8 Å². The second-order valence-electron chi connectivity index (χ2n) is 4.85. The van der Waals surface area contributed by atoms with Crippen molar-refractivity contribution in [2.75, 3.05) is 18.5 Å². The number of carbonyl (C=O) groups is 1. The monoisotopic (exact) mass is 299 g/mol. The summed E-state index contributed by atoms with van der Waals surface area (Å²) < 4.78 is 11.0. The van der Waals surface area contributed by atoms with Crippen LogP contribution < -0.4 is 14.8 Å². The van der Waals surface area contributed by atoms with Crippen molar-refractivity contribution in [1.82, 2.24) is 0 Å². The highest BCUT2D eigenvalue weighted by Crippen LogP contribution is 2.26. The van der Waals surface area contributed by atoms with Gasteiger partial charge in [0.1, 0.15) is 11.5 Å². The van der Waals surface area contributed by atoms with Gasteiger partial charge >= 0.3 is 0 Å². The molecule has 0 fully saturated rings. The van der Waals surface area contributed by atoms with Gasteiger partial charge in [0, 0.05) is 5.56 Å². The van der Waals surface area contributed by atoms with Crippen LogP contribution in [0.25, 0.3) is 0 Å². The lowest BCUT2D eigenvalue weighted by atomic mass is 10.1. The fourth-order valence-electron chi connectivity index (χ4n) is 2.10. The lowest BCUT2D eigenvalue weighted by Crippen LogP contribution is -2.13. The third kappa shape index (κ3) is 4.01. The molecule has 0 bridgehead atoms. The number of hydrogen-bond acceptors (Lipinski definition) is 3. The van der Waals surface area contributed by atoms with Crippen molar-refractivity contribution in [2.45, 2.75) is 20.8 Å². The number of ether oxygens (including phenoxy) is 2. The molecule has 0 saturated carbocycles. The van der Waals surface area contributed by atoms with Gasteiger partial charge in [0.25, 0.3) is 5.91 Å². The van der Waals surface area contributed by atoms with E-state index < -0.39 is 0 Å². The minimum absolute atomic E-state index is 0.189. The normalized spacial score (nSPS) is 10.1. The highest BCUT2D eigenvalue weighted by atomic mass is 16.5. The summed E-state index contributed by atoms with van der Waals surface area (Å²) in [6, 6.07) is 12.8. The summed E-state index contributed by atoms with van der Waals surface area (Å²) in [4.78, 5) is 12.4. The zero-order valence-corrected chi connectivity index (χ0v) is 13.2. The lowest BCUT2D eigenvalue weighted by Gasteiger charge is -2.13. The Morgan fingerprint density at radius 2 is 1.82 bits per heavy atom. The van der Waals surface area contributed by atoms with Crippen molar-refractivity contribution < 1.29 is 14.3 Å². The van der Waals surface area contributed by atoms with Crippen LogP contribution in [-0.4, -0.2) is 19.1 Å². The second kappa shape index (κ2) is 7.50. The zero-order valence-electron chi connectivity index (χ0n) is 13.2. The maximum Gasteiger partial charge on any atom is 0.255 e. The topological polar surface area (TPSA) is 47.6 Å². The largest absolute Gasteiger partial charge is 0.494 e. The van der Waals surface area contributed by atoms with Crippen LogP contribution in [0.3, 0.4) is 0 Å². The van der Waals surface area contributed by atoms with Gasteiger partial charge in [-0.15, -0.1) is 0 Å². The Hall–Kier alpha value is -2.49. The van der Waals surface area contributed by atoms with Gasteiger partial charge in [0.15, 0.2) is 0 Å². The summed E-state index contributed by atoms with van der Waals surface area (Å²) in [5, 5.41) is 2.89. The van der Waals surface area contributed by atoms with Crippen molar-refractivity contribution in [3.8, 4) is 11.5 Å². The van der Waals surface area contributed by atoms with E-state index in [0.29, 0.717) is 36.0 Å². The van der Waals surface area contributed by atoms with Crippen LogP contribution in [0, 0.1) is 6.92 Å². The van der Waals surface area contributed by atoms with E-state index in [9.17, 15) is 4.79 Å². The highest BCUT2D eigenvalue weighted by molar-refractivity contribution is 6.05. The number of hydrogen-bond donors (Lipinski definition) is 1. The predicted octanol–water partition coefficient (Wildman–Crippen LogP) is 4.04. The molecule has 1 N–H and O–H groups in total. The molecule has 4 nitrogen and oxygen atoms in total. The van der Waals surface area contributed by atoms with Crippen LogP contribution in [0.2, 0.25) is 0 Å². The predicted molar refractivity (Wildman–Crippen MR) is 87.9 cm³/mol. The van der Waals surface area contributed by atoms with Gasteiger partial charge in [0.05, 0.1) is 18.9 Å². The Morgan fingerprint density at radius 1 is 1.05 bits per heavy atom. The quantitative estimate of drug-likeness (QED) is 0.875. The van der Waals surface area contributed by atoms with E-state index in [1.165, 1.54) is 0 Å². The molecular weight excluding hydrogens is 278 g/mol. The average molecular weight is 299 g/mol. The van der Waals surface area contributed by atoms with Gasteiger partial charge < -0.3 is 14.8 Å². The van der Waals surface area contributed by atoms with Crippen LogP contribution in [0.15, 0.2) is 42.5 Å². The van der Waals surface area contributed by atoms with Crippen molar-refractivity contribution in [3.05, 3.63) is 53.6 Å². The summed E-state index contributed by atoms with van der Waals surface area (Å²) in [7, 11) is 0. The third-order valence-corrected chi connectivity index (χ3v) is 3.09. The summed E-state index contributed by atoms with van der Waals surface area (Å²) in [6.07, 6.45) is 0. The molecule has 116 valence electrons. The van der Waals surface area contributed by atoms with Gasteiger partial charge in [-0.25, -0.2) is 0 Å². The number of rotatable bonds is 6. The Bertz CT molecular complexity index is 653. The Morgan fingerprint density at radius 3 is 2.55 bits per heavy atom. The van der Waals surface area contributed by atoms with Crippen molar-refractivity contribution >= 4 is 11.6 Å². The molecule has 0 radical (unpaired) electrons. The molecule has 0 heterocycles. The highest BCUT2D eigenvalue weighted by Gasteiger charge is 2.11. The van der Waals surface area contributed by atoms with Gasteiger partial charge in [0.2, 0.25) is 0 Å². The van der Waals surface area contributed by atoms with Crippen LogP contribution in [-0.2, 0) is 0 Å². The van der Waals surface area contributed by atoms with E-state index in [-0.39, 0.29) is 5.91 Å². The molecule has 0 aromatic heterocycles. The number of carbonyl (C=O) groups excluding carboxylic acids is 1. The first-order valence-corrected chi connectivity index (χ1v) is 7.41. The van der Waals surface area contributed by atoms with E-state index in [0.717, 1.165) is 5.56 Å². The van der Waals surface area contributed by atoms with Crippen LogP contribution in [0.5, 0.6) is 11.5 Å². The maximum atomic E-state index is 12.4. The Balaban J connectivity index is 2.19. The van der Waals surface area contributed by atoms with E-state index >= 15 is 0 Å². The summed E-state index contributed by atoms with van der Waals surface area (Å²) in [6.45, 7) is 6.93. The summed E-state index contributed by atoms with van der Waals surface area (Å²) in [5.41, 5.74) is 2.30. The smallest absolute Gasteiger partial charge is 0.255 e. The molecule has 0 atom stereocenters. The Labute approximate surface area is 131 Å². The van der Waals surface area contributed by atoms with E-state index in [1.54, 1.807) is 18.2 Å². The fraction of sp³-hybridized carbons (Fsp3) is 0.278. The number of benzene rings is 2. The average Bonchev–Trinajstić information content (AvgIpc) is 2.51. The molecule has 0 aliphatic rings. The number of aryl methyl sites for hydroxylation is 1. The summed E-state index contributed by atoms with van der Waals surface area (Å²) >= 11 is 0. The standard InChI is InChI=1S/C18H21NO3/c1-4-21-15-8-6-7-14(12-15)18(20)19-16-10-9-13(3)11-17(16)22-5-2/h6-12H,4-5H2,1-3H3,(H,19,20). The molecule has 0 saturated heterocycles. The number of anilines is 1. The number of nitrogens with one attached hydrogen (secondary N) is 1. The zero-order chi connectivity index (χ0) is 15.9. The van der Waals surface area contributed by atoms with E-state index in [4.69, 9.17) is 9.47 Å². The van der Waals surface area contributed by atoms with Crippen LogP contribution >= 0.6 is 0 Å². The van der Waals surface area contributed by atoms with Crippen molar-refractivity contribution in [3.63, 3.8) is 0 Å². The van der Waals surface area contributed by atoms with E-state index in [2.05, 4.69) is 5.32 Å². The van der Waals surface area contributed by atoms with Gasteiger partial charge in [-0.05, 0) is 56.7 Å². The van der Waals surface area contributed by atoms with Gasteiger partial charge in [-0.3, -0.25) is 4.79 Å². The SMILES string of the molecule is CCOc1cccc(C(=O)Nc2ccc(C)cc2OCC)c1. The molecule has 2 rings (SSSR count). The third-order valence-electron chi connectivity index (χ3n) is 3.09. The molecule has 22 heavy (non-hydrogen) atoms. The Kier molecular flexibility index (Phi) is 5.42. The molecule has 2 aromatic rings. The molecule has 0 spiro atoms. The minimum Gasteiger partial charge on any atom is -0.494 e. The minimum atomic E-state index is -0.189. The molecular formula is C18H21NO3. The molecule has 2 aromatic carbocycles. The van der Waals surface area contributed by atoms with Crippen LogP contribution in [0.4, 0.5) is 5.69 Å². The fourth-order valence-corrected chi connectivity index (χ4v) is 2.10. The lowest BCUT2D eigenvalue weighted by molar-refractivity contribution is 0.102.